The maximum atomic E-state index is 6.21. The predicted octanol–water partition coefficient (Wildman–Crippen LogP) is 2.67. The van der Waals surface area contributed by atoms with Crippen molar-refractivity contribution < 1.29 is 0 Å². The Morgan fingerprint density at radius 1 is 1.42 bits per heavy atom. The third-order valence-corrected chi connectivity index (χ3v) is 4.17. The lowest BCUT2D eigenvalue weighted by molar-refractivity contribution is 0.252. The molecule has 2 aromatic rings. The molecule has 0 fully saturated rings. The summed E-state index contributed by atoms with van der Waals surface area (Å²) in [7, 11) is 2.03. The first-order chi connectivity index (χ1) is 9.11. The molecule has 7 heteroatoms. The molecule has 2 rings (SSSR count). The Bertz CT molecular complexity index is 544. The molecular weight excluding hydrogens is 282 g/mol. The van der Waals surface area contributed by atoms with Crippen LogP contribution in [0.25, 0.3) is 0 Å². The number of rotatable bonds is 5. The van der Waals surface area contributed by atoms with Crippen LogP contribution in [-0.4, -0.2) is 22.1 Å². The highest BCUT2D eigenvalue weighted by atomic mass is 35.5. The van der Waals surface area contributed by atoms with E-state index in [1.165, 1.54) is 11.3 Å². The molecule has 0 aliphatic carbocycles. The van der Waals surface area contributed by atoms with Crippen LogP contribution in [0.15, 0.2) is 24.3 Å². The number of halogens is 1. The summed E-state index contributed by atoms with van der Waals surface area (Å²) in [6.07, 6.45) is 0. The molecule has 102 valence electrons. The van der Waals surface area contributed by atoms with Crippen molar-refractivity contribution in [2.45, 2.75) is 19.5 Å². The van der Waals surface area contributed by atoms with E-state index in [1.54, 1.807) is 0 Å². The van der Waals surface area contributed by atoms with E-state index in [4.69, 9.17) is 17.4 Å². The van der Waals surface area contributed by atoms with Gasteiger partial charge in [0.15, 0.2) is 0 Å². The molecular formula is C12H16ClN5S. The fourth-order valence-electron chi connectivity index (χ4n) is 1.78. The van der Waals surface area contributed by atoms with Crippen LogP contribution in [-0.2, 0) is 6.54 Å². The summed E-state index contributed by atoms with van der Waals surface area (Å²) >= 11 is 7.66. The van der Waals surface area contributed by atoms with Crippen molar-refractivity contribution in [2.75, 3.05) is 12.5 Å². The van der Waals surface area contributed by atoms with Gasteiger partial charge in [-0.25, -0.2) is 5.84 Å². The van der Waals surface area contributed by atoms with Crippen LogP contribution in [0.5, 0.6) is 0 Å². The first-order valence-electron chi connectivity index (χ1n) is 5.85. The van der Waals surface area contributed by atoms with Crippen molar-refractivity contribution in [2.24, 2.45) is 5.84 Å². The van der Waals surface area contributed by atoms with Gasteiger partial charge in [-0.2, -0.15) is 0 Å². The van der Waals surface area contributed by atoms with Crippen molar-refractivity contribution in [3.05, 3.63) is 39.9 Å². The molecule has 0 amide bonds. The van der Waals surface area contributed by atoms with E-state index in [0.29, 0.717) is 11.7 Å². The highest BCUT2D eigenvalue weighted by Crippen LogP contribution is 2.27. The van der Waals surface area contributed by atoms with Crippen molar-refractivity contribution in [1.29, 1.82) is 0 Å². The van der Waals surface area contributed by atoms with E-state index in [2.05, 4.69) is 27.4 Å². The Balaban J connectivity index is 2.07. The number of nitrogens with one attached hydrogen (secondary N) is 1. The van der Waals surface area contributed by atoms with Crippen LogP contribution in [0.2, 0.25) is 5.02 Å². The highest BCUT2D eigenvalue weighted by Gasteiger charge is 2.16. The Morgan fingerprint density at radius 2 is 2.16 bits per heavy atom. The second kappa shape index (κ2) is 6.29. The second-order valence-electron chi connectivity index (χ2n) is 4.26. The zero-order valence-electron chi connectivity index (χ0n) is 10.8. The zero-order valence-corrected chi connectivity index (χ0v) is 12.4. The van der Waals surface area contributed by atoms with Gasteiger partial charge in [-0.15, -0.1) is 10.2 Å². The Hall–Kier alpha value is -1.21. The number of hydrogen-bond acceptors (Lipinski definition) is 6. The lowest BCUT2D eigenvalue weighted by Gasteiger charge is -2.24. The van der Waals surface area contributed by atoms with Gasteiger partial charge in [0.05, 0.1) is 6.54 Å². The van der Waals surface area contributed by atoms with Gasteiger partial charge in [0.2, 0.25) is 5.13 Å². The van der Waals surface area contributed by atoms with Gasteiger partial charge in [-0.1, -0.05) is 41.1 Å². The normalized spacial score (nSPS) is 12.7. The molecule has 0 bridgehead atoms. The van der Waals surface area contributed by atoms with Crippen LogP contribution >= 0.6 is 22.9 Å². The number of nitrogens with two attached hydrogens (primary N) is 1. The van der Waals surface area contributed by atoms with Gasteiger partial charge in [-0.05, 0) is 25.6 Å². The topological polar surface area (TPSA) is 67.1 Å². The molecule has 1 unspecified atom stereocenters. The molecule has 1 atom stereocenters. The minimum Gasteiger partial charge on any atom is -0.298 e. The van der Waals surface area contributed by atoms with E-state index in [9.17, 15) is 0 Å². The largest absolute Gasteiger partial charge is 0.298 e. The predicted molar refractivity (Wildman–Crippen MR) is 79.1 cm³/mol. The summed E-state index contributed by atoms with van der Waals surface area (Å²) in [6, 6.07) is 8.07. The lowest BCUT2D eigenvalue weighted by Crippen LogP contribution is -2.22. The van der Waals surface area contributed by atoms with Gasteiger partial charge < -0.3 is 0 Å². The summed E-state index contributed by atoms with van der Waals surface area (Å²) < 4.78 is 0. The van der Waals surface area contributed by atoms with Crippen molar-refractivity contribution in [3.63, 3.8) is 0 Å². The minimum absolute atomic E-state index is 0.201. The number of aromatic nitrogens is 2. The number of nitrogens with zero attached hydrogens (tertiary/aromatic N) is 3. The first-order valence-corrected chi connectivity index (χ1v) is 7.05. The van der Waals surface area contributed by atoms with Crippen molar-refractivity contribution >= 4 is 28.1 Å². The van der Waals surface area contributed by atoms with E-state index in [-0.39, 0.29) is 6.04 Å². The first kappa shape index (κ1) is 14.2. The number of hydrogen-bond donors (Lipinski definition) is 2. The summed E-state index contributed by atoms with van der Waals surface area (Å²) in [6.45, 7) is 2.82. The van der Waals surface area contributed by atoms with Crippen LogP contribution in [0.3, 0.4) is 0 Å². The molecule has 0 saturated carbocycles. The van der Waals surface area contributed by atoms with Crippen LogP contribution in [0.1, 0.15) is 23.5 Å². The van der Waals surface area contributed by atoms with Crippen molar-refractivity contribution in [1.82, 2.24) is 15.1 Å². The van der Waals surface area contributed by atoms with Gasteiger partial charge in [0.25, 0.3) is 0 Å². The lowest BCUT2D eigenvalue weighted by atomic mass is 10.1. The van der Waals surface area contributed by atoms with Crippen LogP contribution < -0.4 is 11.3 Å². The second-order valence-corrected chi connectivity index (χ2v) is 5.73. The van der Waals surface area contributed by atoms with Gasteiger partial charge >= 0.3 is 0 Å². The van der Waals surface area contributed by atoms with Gasteiger partial charge in [-0.3, -0.25) is 10.3 Å². The number of anilines is 1. The average Bonchev–Trinajstić information content (AvgIpc) is 2.86. The van der Waals surface area contributed by atoms with E-state index >= 15 is 0 Å². The van der Waals surface area contributed by atoms with E-state index in [1.807, 2.05) is 31.3 Å². The molecule has 0 aliphatic rings. The van der Waals surface area contributed by atoms with Gasteiger partial charge in [0.1, 0.15) is 5.01 Å². The zero-order chi connectivity index (χ0) is 13.8. The Kier molecular flexibility index (Phi) is 4.71. The minimum atomic E-state index is 0.201. The maximum absolute atomic E-state index is 6.21. The van der Waals surface area contributed by atoms with Gasteiger partial charge in [0, 0.05) is 11.1 Å². The molecule has 1 heterocycles. The smallest absolute Gasteiger partial charge is 0.219 e. The summed E-state index contributed by atoms with van der Waals surface area (Å²) in [5, 5.41) is 10.3. The molecule has 0 saturated heterocycles. The third-order valence-electron chi connectivity index (χ3n) is 2.99. The monoisotopic (exact) mass is 297 g/mol. The third kappa shape index (κ3) is 3.42. The number of hydrazine groups is 1. The standard InChI is InChI=1S/C12H16ClN5S/c1-8(9-5-3-4-6-10(9)13)18(2)7-11-16-17-12(15-14)19-11/h3-6,8H,7,14H2,1-2H3,(H,15,17). The molecule has 1 aromatic heterocycles. The number of nitrogen functional groups attached to an aromatic ring is 1. The Labute approximate surface area is 121 Å². The van der Waals surface area contributed by atoms with Crippen molar-refractivity contribution in [3.8, 4) is 0 Å². The summed E-state index contributed by atoms with van der Waals surface area (Å²) in [4.78, 5) is 2.17. The molecule has 0 spiro atoms. The van der Waals surface area contributed by atoms with E-state index < -0.39 is 0 Å². The Morgan fingerprint density at radius 3 is 2.79 bits per heavy atom. The maximum Gasteiger partial charge on any atom is 0.219 e. The van der Waals surface area contributed by atoms with E-state index in [0.717, 1.165) is 15.6 Å². The molecule has 3 N–H and O–H groups in total. The molecule has 19 heavy (non-hydrogen) atoms. The van der Waals surface area contributed by atoms with Crippen LogP contribution in [0, 0.1) is 0 Å². The quantitative estimate of drug-likeness (QED) is 0.656. The molecule has 0 aliphatic heterocycles. The SMILES string of the molecule is CC(c1ccccc1Cl)N(C)Cc1nnc(NN)s1. The molecule has 0 radical (unpaired) electrons. The fraction of sp³-hybridized carbons (Fsp3) is 0.333. The summed E-state index contributed by atoms with van der Waals surface area (Å²) in [5.41, 5.74) is 3.60. The summed E-state index contributed by atoms with van der Waals surface area (Å²) in [5.74, 6) is 5.29. The highest BCUT2D eigenvalue weighted by molar-refractivity contribution is 7.15. The fourth-order valence-corrected chi connectivity index (χ4v) is 2.78. The number of benzene rings is 1. The molecule has 1 aromatic carbocycles. The molecule has 5 nitrogen and oxygen atoms in total. The van der Waals surface area contributed by atoms with Crippen LogP contribution in [0.4, 0.5) is 5.13 Å². The average molecular weight is 298 g/mol.